The molecule has 4 heteroatoms. The zero-order chi connectivity index (χ0) is 20.1. The van der Waals surface area contributed by atoms with Crippen molar-refractivity contribution in [2.45, 2.75) is 98.3 Å². The topological polar surface area (TPSA) is 52.6 Å². The number of rotatable bonds is 13. The summed E-state index contributed by atoms with van der Waals surface area (Å²) in [5.41, 5.74) is 0. The summed E-state index contributed by atoms with van der Waals surface area (Å²) in [5, 5.41) is 0. The molecule has 0 radical (unpaired) electrons. The summed E-state index contributed by atoms with van der Waals surface area (Å²) in [5.74, 6) is 0.619. The maximum atomic E-state index is 12.3. The first-order valence-corrected chi connectivity index (χ1v) is 11.2. The summed E-state index contributed by atoms with van der Waals surface area (Å²) in [6, 6.07) is 0. The van der Waals surface area contributed by atoms with Gasteiger partial charge in [0, 0.05) is 0 Å². The number of hydrogen-bond acceptors (Lipinski definition) is 4. The second-order valence-electron chi connectivity index (χ2n) is 9.06. The van der Waals surface area contributed by atoms with E-state index in [1.807, 2.05) is 13.8 Å². The van der Waals surface area contributed by atoms with Crippen LogP contribution in [0.3, 0.4) is 0 Å². The van der Waals surface area contributed by atoms with Crippen molar-refractivity contribution < 1.29 is 19.1 Å². The van der Waals surface area contributed by atoms with E-state index in [-0.39, 0.29) is 23.8 Å². The van der Waals surface area contributed by atoms with Crippen LogP contribution >= 0.6 is 0 Å². The van der Waals surface area contributed by atoms with Crippen LogP contribution in [0.15, 0.2) is 0 Å². The van der Waals surface area contributed by atoms with Gasteiger partial charge in [0.15, 0.2) is 0 Å². The Morgan fingerprint density at radius 1 is 0.778 bits per heavy atom. The second kappa shape index (κ2) is 14.0. The zero-order valence-corrected chi connectivity index (χ0v) is 18.1. The van der Waals surface area contributed by atoms with E-state index in [2.05, 4.69) is 13.8 Å². The minimum Gasteiger partial charge on any atom is -0.465 e. The Labute approximate surface area is 166 Å². The molecule has 0 aromatic heterocycles. The summed E-state index contributed by atoms with van der Waals surface area (Å²) in [6.45, 7) is 9.58. The van der Waals surface area contributed by atoms with Gasteiger partial charge in [0.05, 0.1) is 25.0 Å². The number of esters is 2. The molecule has 2 atom stereocenters. The SMILES string of the molecule is CC(C)CCCCCCCCOC(=O)C1CCCC(C(=O)OCC(C)C)C1. The number of carbonyl (C=O) groups is 2. The normalized spacial score (nSPS) is 20.1. The molecule has 27 heavy (non-hydrogen) atoms. The Morgan fingerprint density at radius 2 is 1.33 bits per heavy atom. The molecular formula is C23H42O4. The van der Waals surface area contributed by atoms with Gasteiger partial charge in [-0.15, -0.1) is 0 Å². The number of hydrogen-bond donors (Lipinski definition) is 0. The molecule has 1 saturated carbocycles. The average molecular weight is 383 g/mol. The van der Waals surface area contributed by atoms with Crippen molar-refractivity contribution in [1.82, 2.24) is 0 Å². The second-order valence-corrected chi connectivity index (χ2v) is 9.06. The van der Waals surface area contributed by atoms with Gasteiger partial charge in [-0.3, -0.25) is 9.59 Å². The molecule has 158 valence electrons. The van der Waals surface area contributed by atoms with E-state index in [0.29, 0.717) is 25.6 Å². The molecule has 4 nitrogen and oxygen atoms in total. The highest BCUT2D eigenvalue weighted by Gasteiger charge is 2.32. The largest absolute Gasteiger partial charge is 0.465 e. The fraction of sp³-hybridized carbons (Fsp3) is 0.913. The molecule has 0 aliphatic heterocycles. The van der Waals surface area contributed by atoms with Crippen molar-refractivity contribution in [3.8, 4) is 0 Å². The molecular weight excluding hydrogens is 340 g/mol. The lowest BCUT2D eigenvalue weighted by Gasteiger charge is -2.26. The van der Waals surface area contributed by atoms with Crippen molar-refractivity contribution in [2.75, 3.05) is 13.2 Å². The monoisotopic (exact) mass is 382 g/mol. The lowest BCUT2D eigenvalue weighted by molar-refractivity contribution is -0.155. The van der Waals surface area contributed by atoms with E-state index in [1.165, 1.54) is 32.1 Å². The lowest BCUT2D eigenvalue weighted by Crippen LogP contribution is -2.30. The van der Waals surface area contributed by atoms with Gasteiger partial charge >= 0.3 is 11.9 Å². The quantitative estimate of drug-likeness (QED) is 0.293. The summed E-state index contributed by atoms with van der Waals surface area (Å²) in [7, 11) is 0. The Bertz CT molecular complexity index is 417. The maximum Gasteiger partial charge on any atom is 0.308 e. The standard InChI is InChI=1S/C23H42O4/c1-18(2)12-9-7-5-6-8-10-15-26-22(24)20-13-11-14-21(16-20)23(25)27-17-19(3)4/h18-21H,5-17H2,1-4H3. The van der Waals surface area contributed by atoms with Gasteiger partial charge in [0.1, 0.15) is 0 Å². The summed E-state index contributed by atoms with van der Waals surface area (Å²) in [6.07, 6.45) is 11.7. The van der Waals surface area contributed by atoms with Gasteiger partial charge in [-0.25, -0.2) is 0 Å². The van der Waals surface area contributed by atoms with Crippen molar-refractivity contribution in [2.24, 2.45) is 23.7 Å². The van der Waals surface area contributed by atoms with Crippen LogP contribution in [0, 0.1) is 23.7 Å². The van der Waals surface area contributed by atoms with E-state index < -0.39 is 0 Å². The first-order chi connectivity index (χ1) is 12.9. The first kappa shape index (κ1) is 24.0. The summed E-state index contributed by atoms with van der Waals surface area (Å²) in [4.78, 5) is 24.4. The third-order valence-electron chi connectivity index (χ3n) is 5.32. The number of carbonyl (C=O) groups excluding carboxylic acids is 2. The maximum absolute atomic E-state index is 12.3. The van der Waals surface area contributed by atoms with Gasteiger partial charge in [-0.05, 0) is 37.5 Å². The molecule has 0 N–H and O–H groups in total. The predicted octanol–water partition coefficient (Wildman–Crippen LogP) is 5.92. The van der Waals surface area contributed by atoms with Crippen LogP contribution in [-0.4, -0.2) is 25.2 Å². The van der Waals surface area contributed by atoms with E-state index in [0.717, 1.165) is 38.0 Å². The van der Waals surface area contributed by atoms with Crippen LogP contribution in [0.4, 0.5) is 0 Å². The molecule has 1 aliphatic rings. The van der Waals surface area contributed by atoms with Crippen LogP contribution in [-0.2, 0) is 19.1 Å². The summed E-state index contributed by atoms with van der Waals surface area (Å²) >= 11 is 0. The van der Waals surface area contributed by atoms with Crippen molar-refractivity contribution in [3.63, 3.8) is 0 Å². The predicted molar refractivity (Wildman–Crippen MR) is 109 cm³/mol. The average Bonchev–Trinajstić information content (AvgIpc) is 2.64. The molecule has 0 saturated heterocycles. The Morgan fingerprint density at radius 3 is 1.93 bits per heavy atom. The highest BCUT2D eigenvalue weighted by molar-refractivity contribution is 5.76. The Kier molecular flexibility index (Phi) is 12.4. The third-order valence-corrected chi connectivity index (χ3v) is 5.32. The van der Waals surface area contributed by atoms with Crippen molar-refractivity contribution in [3.05, 3.63) is 0 Å². The zero-order valence-electron chi connectivity index (χ0n) is 18.1. The van der Waals surface area contributed by atoms with Crippen LogP contribution in [0.25, 0.3) is 0 Å². The minimum absolute atomic E-state index is 0.117. The molecule has 0 amide bonds. The highest BCUT2D eigenvalue weighted by Crippen LogP contribution is 2.31. The van der Waals surface area contributed by atoms with Gasteiger partial charge in [0.2, 0.25) is 0 Å². The Hall–Kier alpha value is -1.06. The van der Waals surface area contributed by atoms with Crippen molar-refractivity contribution >= 4 is 11.9 Å². The molecule has 2 unspecified atom stereocenters. The minimum atomic E-state index is -0.140. The van der Waals surface area contributed by atoms with Crippen LogP contribution < -0.4 is 0 Å². The van der Waals surface area contributed by atoms with Crippen LogP contribution in [0.1, 0.15) is 98.3 Å². The molecule has 0 heterocycles. The highest BCUT2D eigenvalue weighted by atomic mass is 16.5. The first-order valence-electron chi connectivity index (χ1n) is 11.2. The molecule has 1 fully saturated rings. The van der Waals surface area contributed by atoms with Gasteiger partial charge < -0.3 is 9.47 Å². The molecule has 1 rings (SSSR count). The van der Waals surface area contributed by atoms with E-state index >= 15 is 0 Å². The Balaban J connectivity index is 2.11. The molecule has 0 aromatic carbocycles. The number of ether oxygens (including phenoxy) is 2. The smallest absolute Gasteiger partial charge is 0.308 e. The van der Waals surface area contributed by atoms with Crippen LogP contribution in [0.2, 0.25) is 0 Å². The van der Waals surface area contributed by atoms with E-state index in [1.54, 1.807) is 0 Å². The van der Waals surface area contributed by atoms with Crippen molar-refractivity contribution in [1.29, 1.82) is 0 Å². The van der Waals surface area contributed by atoms with E-state index in [9.17, 15) is 9.59 Å². The fourth-order valence-electron chi connectivity index (χ4n) is 3.64. The molecule has 0 bridgehead atoms. The molecule has 0 aromatic rings. The van der Waals surface area contributed by atoms with E-state index in [4.69, 9.17) is 9.47 Å². The number of unbranched alkanes of at least 4 members (excludes halogenated alkanes) is 5. The fourth-order valence-corrected chi connectivity index (χ4v) is 3.64. The molecule has 1 aliphatic carbocycles. The molecule has 0 spiro atoms. The van der Waals surface area contributed by atoms with Gasteiger partial charge in [-0.1, -0.05) is 72.6 Å². The summed E-state index contributed by atoms with van der Waals surface area (Å²) < 4.78 is 10.8. The van der Waals surface area contributed by atoms with Crippen LogP contribution in [0.5, 0.6) is 0 Å². The third kappa shape index (κ3) is 11.4. The lowest BCUT2D eigenvalue weighted by atomic mass is 9.81. The van der Waals surface area contributed by atoms with Gasteiger partial charge in [0.25, 0.3) is 0 Å². The van der Waals surface area contributed by atoms with Gasteiger partial charge in [-0.2, -0.15) is 0 Å².